The molecule has 0 bridgehead atoms. The number of rotatable bonds is 57. The van der Waals surface area contributed by atoms with Gasteiger partial charge in [-0.3, -0.25) is 4.79 Å². The Morgan fingerprint density at radius 3 is 0.910 bits per heavy atom. The van der Waals surface area contributed by atoms with Crippen LogP contribution >= 0.6 is 0 Å². The number of allylic oxidation sites excluding steroid dienone is 3. The number of hydrogen-bond acceptors (Lipinski definition) is 4. The summed E-state index contributed by atoms with van der Waals surface area (Å²) in [6.07, 6.45) is 73.9. The molecule has 0 aliphatic rings. The minimum atomic E-state index is -0.928. The molecular formula is C62H121NO4. The number of unbranched alkanes of at least 4 members (excludes halogenated alkanes) is 46. The molecule has 398 valence electrons. The third-order valence-corrected chi connectivity index (χ3v) is 14.5. The number of aliphatic hydroxyl groups is 3. The fourth-order valence-corrected chi connectivity index (χ4v) is 9.81. The van der Waals surface area contributed by atoms with Crippen LogP contribution in [0, 0.1) is 0 Å². The van der Waals surface area contributed by atoms with Crippen LogP contribution in [0.1, 0.15) is 341 Å². The van der Waals surface area contributed by atoms with Crippen LogP contribution in [0.15, 0.2) is 24.3 Å². The van der Waals surface area contributed by atoms with Crippen molar-refractivity contribution in [1.82, 2.24) is 5.32 Å². The Morgan fingerprint density at radius 1 is 0.373 bits per heavy atom. The summed E-state index contributed by atoms with van der Waals surface area (Å²) in [6, 6.07) is -0.743. The maximum Gasteiger partial charge on any atom is 0.222 e. The lowest BCUT2D eigenvalue weighted by molar-refractivity contribution is -0.124. The highest BCUT2D eigenvalue weighted by atomic mass is 16.3. The van der Waals surface area contributed by atoms with Crippen molar-refractivity contribution < 1.29 is 20.1 Å². The molecule has 0 aromatic rings. The first kappa shape index (κ1) is 65.8. The smallest absolute Gasteiger partial charge is 0.222 e. The summed E-state index contributed by atoms with van der Waals surface area (Å²) in [5.41, 5.74) is 0. The quantitative estimate of drug-likeness (QED) is 0.0361. The van der Waals surface area contributed by atoms with Gasteiger partial charge >= 0.3 is 0 Å². The van der Waals surface area contributed by atoms with Crippen LogP contribution in [0.4, 0.5) is 0 Å². The van der Waals surface area contributed by atoms with E-state index in [0.29, 0.717) is 6.42 Å². The lowest BCUT2D eigenvalue weighted by atomic mass is 10.0. The third-order valence-electron chi connectivity index (χ3n) is 14.5. The summed E-state index contributed by atoms with van der Waals surface area (Å²) in [7, 11) is 0. The van der Waals surface area contributed by atoms with Gasteiger partial charge in [0.05, 0.1) is 31.3 Å². The van der Waals surface area contributed by atoms with Crippen LogP contribution in [0.25, 0.3) is 0 Å². The van der Waals surface area contributed by atoms with Gasteiger partial charge in [0.15, 0.2) is 0 Å². The molecule has 0 saturated carbocycles. The summed E-state index contributed by atoms with van der Waals surface area (Å²) >= 11 is 0. The van der Waals surface area contributed by atoms with E-state index in [0.717, 1.165) is 25.7 Å². The van der Waals surface area contributed by atoms with Crippen molar-refractivity contribution in [2.45, 2.75) is 360 Å². The average Bonchev–Trinajstić information content (AvgIpc) is 3.32. The summed E-state index contributed by atoms with van der Waals surface area (Å²) in [6.45, 7) is 4.26. The van der Waals surface area contributed by atoms with Crippen LogP contribution < -0.4 is 5.32 Å². The summed E-state index contributed by atoms with van der Waals surface area (Å²) in [5, 5.41) is 33.5. The molecule has 5 heteroatoms. The van der Waals surface area contributed by atoms with Crippen molar-refractivity contribution >= 4 is 5.91 Å². The molecule has 4 N–H and O–H groups in total. The Bertz CT molecular complexity index is 998. The minimum absolute atomic E-state index is 0.0171. The van der Waals surface area contributed by atoms with Gasteiger partial charge in [0.1, 0.15) is 0 Å². The molecule has 0 fully saturated rings. The van der Waals surface area contributed by atoms with E-state index in [4.69, 9.17) is 0 Å². The number of nitrogens with one attached hydrogen (secondary N) is 1. The maximum absolute atomic E-state index is 12.5. The van der Waals surface area contributed by atoms with Gasteiger partial charge in [-0.05, 0) is 44.9 Å². The molecule has 0 heterocycles. The summed E-state index contributed by atoms with van der Waals surface area (Å²) in [5.74, 6) is -0.309. The predicted molar refractivity (Wildman–Crippen MR) is 296 cm³/mol. The first-order valence-corrected chi connectivity index (χ1v) is 30.6. The highest BCUT2D eigenvalue weighted by Gasteiger charge is 2.20. The zero-order valence-electron chi connectivity index (χ0n) is 45.6. The van der Waals surface area contributed by atoms with Crippen LogP contribution in [0.2, 0.25) is 0 Å². The zero-order valence-corrected chi connectivity index (χ0v) is 45.6. The predicted octanol–water partition coefficient (Wildman–Crippen LogP) is 19.2. The van der Waals surface area contributed by atoms with Gasteiger partial charge in [-0.2, -0.15) is 0 Å². The van der Waals surface area contributed by atoms with Gasteiger partial charge in [0.25, 0.3) is 0 Å². The van der Waals surface area contributed by atoms with Gasteiger partial charge in [-0.1, -0.05) is 314 Å². The van der Waals surface area contributed by atoms with Crippen LogP contribution in [-0.2, 0) is 4.79 Å². The maximum atomic E-state index is 12.5. The first-order chi connectivity index (χ1) is 33.0. The molecule has 67 heavy (non-hydrogen) atoms. The van der Waals surface area contributed by atoms with Crippen molar-refractivity contribution in [3.8, 4) is 0 Å². The molecule has 0 aliphatic carbocycles. The molecule has 0 spiro atoms. The standard InChI is InChI=1S/C62H121NO4/c1-3-5-7-9-11-13-15-17-19-21-23-25-27-28-29-30-31-32-33-34-35-37-39-41-43-45-47-49-51-53-55-59(65)57-62(67)63-60(58-64)61(66)56-54-52-50-48-46-44-42-40-38-36-26-24-22-20-18-16-14-12-10-8-6-4-2/h28-29,54,56,59-61,64-66H,3-27,30-53,55,57-58H2,1-2H3,(H,63,67)/b29-28-,56-54+. The fourth-order valence-electron chi connectivity index (χ4n) is 9.81. The van der Waals surface area contributed by atoms with Gasteiger partial charge in [-0.25, -0.2) is 0 Å². The Morgan fingerprint density at radius 2 is 0.627 bits per heavy atom. The third kappa shape index (κ3) is 54.0. The molecule has 0 saturated heterocycles. The van der Waals surface area contributed by atoms with E-state index in [-0.39, 0.29) is 18.9 Å². The largest absolute Gasteiger partial charge is 0.394 e. The topological polar surface area (TPSA) is 89.8 Å². The number of carbonyl (C=O) groups excluding carboxylic acids is 1. The molecule has 5 nitrogen and oxygen atoms in total. The lowest BCUT2D eigenvalue weighted by Gasteiger charge is -2.21. The number of hydrogen-bond donors (Lipinski definition) is 4. The normalized spacial score (nSPS) is 13.3. The van der Waals surface area contributed by atoms with Gasteiger partial charge < -0.3 is 20.6 Å². The molecule has 0 rings (SSSR count). The second-order valence-electron chi connectivity index (χ2n) is 21.3. The van der Waals surface area contributed by atoms with Crippen molar-refractivity contribution in [2.24, 2.45) is 0 Å². The molecule has 3 atom stereocenters. The van der Waals surface area contributed by atoms with Crippen molar-refractivity contribution in [1.29, 1.82) is 0 Å². The van der Waals surface area contributed by atoms with Crippen molar-refractivity contribution in [3.63, 3.8) is 0 Å². The fraction of sp³-hybridized carbons (Fsp3) is 0.919. The van der Waals surface area contributed by atoms with Crippen LogP contribution in [0.3, 0.4) is 0 Å². The van der Waals surface area contributed by atoms with E-state index in [1.807, 2.05) is 6.08 Å². The first-order valence-electron chi connectivity index (χ1n) is 30.6. The highest BCUT2D eigenvalue weighted by Crippen LogP contribution is 2.18. The van der Waals surface area contributed by atoms with E-state index in [1.165, 1.54) is 289 Å². The van der Waals surface area contributed by atoms with E-state index in [9.17, 15) is 20.1 Å². The van der Waals surface area contributed by atoms with Gasteiger partial charge in [0.2, 0.25) is 5.91 Å². The van der Waals surface area contributed by atoms with Crippen molar-refractivity contribution in [3.05, 3.63) is 24.3 Å². The molecule has 0 aromatic heterocycles. The molecule has 0 aliphatic heterocycles. The van der Waals surface area contributed by atoms with Gasteiger partial charge in [-0.15, -0.1) is 0 Å². The van der Waals surface area contributed by atoms with E-state index in [1.54, 1.807) is 6.08 Å². The molecule has 0 radical (unpaired) electrons. The summed E-state index contributed by atoms with van der Waals surface area (Å²) in [4.78, 5) is 12.5. The molecule has 1 amide bonds. The molecular weight excluding hydrogens is 823 g/mol. The number of aliphatic hydroxyl groups excluding tert-OH is 3. The molecule has 3 unspecified atom stereocenters. The second-order valence-corrected chi connectivity index (χ2v) is 21.3. The van der Waals surface area contributed by atoms with Gasteiger partial charge in [0, 0.05) is 0 Å². The molecule has 0 aromatic carbocycles. The Hall–Kier alpha value is -1.17. The Kier molecular flexibility index (Phi) is 56.4. The van der Waals surface area contributed by atoms with Crippen LogP contribution in [-0.4, -0.2) is 46.1 Å². The number of carbonyl (C=O) groups is 1. The van der Waals surface area contributed by atoms with Crippen molar-refractivity contribution in [2.75, 3.05) is 6.61 Å². The second kappa shape index (κ2) is 57.4. The van der Waals surface area contributed by atoms with E-state index in [2.05, 4.69) is 31.3 Å². The average molecular weight is 945 g/mol. The minimum Gasteiger partial charge on any atom is -0.394 e. The summed E-state index contributed by atoms with van der Waals surface area (Å²) < 4.78 is 0. The Labute approximate surface area is 420 Å². The Balaban J connectivity index is 3.52. The van der Waals surface area contributed by atoms with E-state index >= 15 is 0 Å². The SMILES string of the molecule is CCCCCCCCCCCCCC/C=C\CCCCCCCCCCCCCCCCC(O)CC(=O)NC(CO)C(O)/C=C/CCCCCCCCCCCCCCCCCCCCCC. The van der Waals surface area contributed by atoms with E-state index < -0.39 is 18.2 Å². The zero-order chi connectivity index (χ0) is 48.6. The lowest BCUT2D eigenvalue weighted by Crippen LogP contribution is -2.45. The number of amides is 1. The van der Waals surface area contributed by atoms with Crippen LogP contribution in [0.5, 0.6) is 0 Å². The monoisotopic (exact) mass is 944 g/mol. The highest BCUT2D eigenvalue weighted by molar-refractivity contribution is 5.76.